The maximum absolute atomic E-state index is 12.0. The molecule has 110 valence electrons. The predicted molar refractivity (Wildman–Crippen MR) is 81.5 cm³/mol. The Morgan fingerprint density at radius 3 is 2.40 bits per heavy atom. The molecular weight excluding hydrogens is 324 g/mol. The fourth-order valence-electron chi connectivity index (χ4n) is 1.90. The third-order valence-electron chi connectivity index (χ3n) is 3.66. The molecule has 1 aromatic carbocycles. The Hall–Kier alpha value is -1.56. The molecule has 0 bridgehead atoms. The highest BCUT2D eigenvalue weighted by Crippen LogP contribution is 2.26. The summed E-state index contributed by atoms with van der Waals surface area (Å²) in [5.41, 5.74) is 5.73. The number of nitrogen functional groups attached to an aromatic ring is 1. The number of nitrogens with two attached hydrogens (primary N) is 1. The van der Waals surface area contributed by atoms with Crippen LogP contribution in [-0.4, -0.2) is 23.5 Å². The van der Waals surface area contributed by atoms with E-state index in [0.29, 0.717) is 28.6 Å². The summed E-state index contributed by atoms with van der Waals surface area (Å²) in [6, 6.07) is 4.85. The second-order valence-corrected chi connectivity index (χ2v) is 5.57. The summed E-state index contributed by atoms with van der Waals surface area (Å²) in [4.78, 5) is 23.4. The number of amides is 1. The fraction of sp³-hybridized carbons (Fsp3) is 0.429. The molecule has 0 aliphatic heterocycles. The van der Waals surface area contributed by atoms with E-state index in [-0.39, 0.29) is 12.5 Å². The third-order valence-corrected chi connectivity index (χ3v) is 4.34. The van der Waals surface area contributed by atoms with Gasteiger partial charge in [0.25, 0.3) is 5.91 Å². The van der Waals surface area contributed by atoms with Gasteiger partial charge in [0.2, 0.25) is 0 Å². The minimum atomic E-state index is -0.916. The first-order valence-electron chi connectivity index (χ1n) is 6.43. The smallest absolute Gasteiger partial charge is 0.311 e. The molecule has 0 aromatic heterocycles. The quantitative estimate of drug-likeness (QED) is 0.693. The van der Waals surface area contributed by atoms with Gasteiger partial charge in [0.05, 0.1) is 5.41 Å². The van der Waals surface area contributed by atoms with Crippen LogP contribution in [0.1, 0.15) is 37.0 Å². The Morgan fingerprint density at radius 2 is 1.95 bits per heavy atom. The molecule has 0 unspecified atom stereocenters. The summed E-state index contributed by atoms with van der Waals surface area (Å²) in [6.07, 6.45) is 0.926. The molecule has 0 fully saturated rings. The Labute approximate surface area is 126 Å². The average molecular weight is 343 g/mol. The van der Waals surface area contributed by atoms with Crippen molar-refractivity contribution >= 4 is 33.5 Å². The van der Waals surface area contributed by atoms with Crippen molar-refractivity contribution in [2.45, 2.75) is 26.7 Å². The highest BCUT2D eigenvalue weighted by molar-refractivity contribution is 9.10. The van der Waals surface area contributed by atoms with Crippen LogP contribution in [0.4, 0.5) is 5.69 Å². The van der Waals surface area contributed by atoms with Gasteiger partial charge in [-0.3, -0.25) is 9.59 Å². The monoisotopic (exact) mass is 342 g/mol. The van der Waals surface area contributed by atoms with Crippen molar-refractivity contribution in [3.05, 3.63) is 28.2 Å². The molecule has 20 heavy (non-hydrogen) atoms. The van der Waals surface area contributed by atoms with Gasteiger partial charge in [-0.2, -0.15) is 0 Å². The van der Waals surface area contributed by atoms with Gasteiger partial charge in [0.15, 0.2) is 0 Å². The molecule has 0 radical (unpaired) electrons. The molecule has 0 spiro atoms. The molecular formula is C14H19BrN2O3. The molecule has 0 aliphatic rings. The normalized spacial score (nSPS) is 11.2. The molecule has 0 heterocycles. The summed E-state index contributed by atoms with van der Waals surface area (Å²) >= 11 is 3.26. The van der Waals surface area contributed by atoms with Crippen LogP contribution >= 0.6 is 15.9 Å². The number of nitrogens with one attached hydrogen (secondary N) is 1. The van der Waals surface area contributed by atoms with Gasteiger partial charge in [0.1, 0.15) is 0 Å². The second-order valence-electron chi connectivity index (χ2n) is 4.71. The summed E-state index contributed by atoms with van der Waals surface area (Å²) < 4.78 is 0.639. The highest BCUT2D eigenvalue weighted by Gasteiger charge is 2.35. The number of halogens is 1. The maximum Gasteiger partial charge on any atom is 0.311 e. The van der Waals surface area contributed by atoms with E-state index in [4.69, 9.17) is 5.73 Å². The largest absolute Gasteiger partial charge is 0.481 e. The van der Waals surface area contributed by atoms with Crippen LogP contribution in [0.2, 0.25) is 0 Å². The SMILES string of the molecule is CCC(CC)(CNC(=O)c1ccc(N)c(Br)c1)C(=O)O. The lowest BCUT2D eigenvalue weighted by Crippen LogP contribution is -2.42. The van der Waals surface area contributed by atoms with Crippen LogP contribution in [0, 0.1) is 5.41 Å². The van der Waals surface area contributed by atoms with E-state index in [2.05, 4.69) is 21.2 Å². The molecule has 0 atom stereocenters. The first kappa shape index (κ1) is 16.5. The van der Waals surface area contributed by atoms with Gasteiger partial charge in [-0.15, -0.1) is 0 Å². The summed E-state index contributed by atoms with van der Waals surface area (Å²) in [6.45, 7) is 3.73. The summed E-state index contributed by atoms with van der Waals surface area (Å²) in [5.74, 6) is -1.19. The van der Waals surface area contributed by atoms with E-state index in [1.165, 1.54) is 0 Å². The lowest BCUT2D eigenvalue weighted by Gasteiger charge is -2.26. The van der Waals surface area contributed by atoms with Crippen molar-refractivity contribution in [2.24, 2.45) is 5.41 Å². The van der Waals surface area contributed by atoms with Crippen LogP contribution < -0.4 is 11.1 Å². The Balaban J connectivity index is 2.80. The van der Waals surface area contributed by atoms with Crippen molar-refractivity contribution in [3.8, 4) is 0 Å². The van der Waals surface area contributed by atoms with Gasteiger partial charge in [-0.1, -0.05) is 13.8 Å². The summed E-state index contributed by atoms with van der Waals surface area (Å²) in [5, 5.41) is 12.0. The van der Waals surface area contributed by atoms with E-state index < -0.39 is 11.4 Å². The topological polar surface area (TPSA) is 92.4 Å². The number of hydrogen-bond donors (Lipinski definition) is 3. The van der Waals surface area contributed by atoms with Crippen LogP contribution in [0.15, 0.2) is 22.7 Å². The maximum atomic E-state index is 12.0. The lowest BCUT2D eigenvalue weighted by atomic mass is 9.82. The number of anilines is 1. The minimum absolute atomic E-state index is 0.107. The van der Waals surface area contributed by atoms with Crippen molar-refractivity contribution in [3.63, 3.8) is 0 Å². The minimum Gasteiger partial charge on any atom is -0.481 e. The number of carbonyl (C=O) groups excluding carboxylic acids is 1. The van der Waals surface area contributed by atoms with Gasteiger partial charge in [-0.25, -0.2) is 0 Å². The fourth-order valence-corrected chi connectivity index (χ4v) is 2.28. The van der Waals surface area contributed by atoms with Gasteiger partial charge < -0.3 is 16.2 Å². The standard InChI is InChI=1S/C14H19BrN2O3/c1-3-14(4-2,13(19)20)8-17-12(18)9-5-6-11(16)10(15)7-9/h5-7H,3-4,8,16H2,1-2H3,(H,17,18)(H,19,20). The zero-order chi connectivity index (χ0) is 15.3. The second kappa shape index (κ2) is 6.74. The molecule has 5 nitrogen and oxygen atoms in total. The van der Waals surface area contributed by atoms with Crippen molar-refractivity contribution < 1.29 is 14.7 Å². The lowest BCUT2D eigenvalue weighted by molar-refractivity contribution is -0.149. The first-order valence-corrected chi connectivity index (χ1v) is 7.22. The van der Waals surface area contributed by atoms with Gasteiger partial charge in [-0.05, 0) is 47.0 Å². The Kier molecular flexibility index (Phi) is 5.56. The number of benzene rings is 1. The van der Waals surface area contributed by atoms with E-state index in [0.717, 1.165) is 0 Å². The van der Waals surface area contributed by atoms with Crippen molar-refractivity contribution in [2.75, 3.05) is 12.3 Å². The molecule has 0 saturated carbocycles. The van der Waals surface area contributed by atoms with Crippen molar-refractivity contribution in [1.82, 2.24) is 5.32 Å². The molecule has 0 saturated heterocycles. The number of carboxylic acids is 1. The molecule has 4 N–H and O–H groups in total. The van der Waals surface area contributed by atoms with Gasteiger partial charge >= 0.3 is 5.97 Å². The predicted octanol–water partition coefficient (Wildman–Crippen LogP) is 2.65. The molecule has 1 aromatic rings. The first-order chi connectivity index (χ1) is 9.36. The molecule has 0 aliphatic carbocycles. The number of carboxylic acid groups (broad SMARTS) is 1. The van der Waals surface area contributed by atoms with Gasteiger partial charge in [0, 0.05) is 22.3 Å². The van der Waals surface area contributed by atoms with E-state index >= 15 is 0 Å². The van der Waals surface area contributed by atoms with Crippen LogP contribution in [0.25, 0.3) is 0 Å². The average Bonchev–Trinajstić information content (AvgIpc) is 2.43. The highest BCUT2D eigenvalue weighted by atomic mass is 79.9. The number of hydrogen-bond acceptors (Lipinski definition) is 3. The van der Waals surface area contributed by atoms with Crippen LogP contribution in [0.5, 0.6) is 0 Å². The molecule has 6 heteroatoms. The zero-order valence-electron chi connectivity index (χ0n) is 11.6. The number of aliphatic carboxylic acids is 1. The summed E-state index contributed by atoms with van der Waals surface area (Å²) in [7, 11) is 0. The van der Waals surface area contributed by atoms with E-state index in [1.54, 1.807) is 18.2 Å². The molecule has 1 amide bonds. The van der Waals surface area contributed by atoms with Crippen LogP contribution in [0.3, 0.4) is 0 Å². The molecule has 1 rings (SSSR count). The van der Waals surface area contributed by atoms with E-state index in [9.17, 15) is 14.7 Å². The zero-order valence-corrected chi connectivity index (χ0v) is 13.2. The number of carbonyl (C=O) groups is 2. The van der Waals surface area contributed by atoms with Crippen LogP contribution in [-0.2, 0) is 4.79 Å². The Morgan fingerprint density at radius 1 is 1.35 bits per heavy atom. The number of rotatable bonds is 6. The van der Waals surface area contributed by atoms with E-state index in [1.807, 2.05) is 13.8 Å². The van der Waals surface area contributed by atoms with Crippen molar-refractivity contribution in [1.29, 1.82) is 0 Å². The third kappa shape index (κ3) is 3.50. The Bertz CT molecular complexity index is 513.